The summed E-state index contributed by atoms with van der Waals surface area (Å²) < 4.78 is 11.6. The molecule has 0 saturated carbocycles. The average molecular weight is 272 g/mol. The van der Waals surface area contributed by atoms with Crippen LogP contribution in [0.4, 0.5) is 0 Å². The molecular formula is C16H32O3. The summed E-state index contributed by atoms with van der Waals surface area (Å²) in [6.07, 6.45) is 6.31. The van der Waals surface area contributed by atoms with Gasteiger partial charge in [0.2, 0.25) is 0 Å². The van der Waals surface area contributed by atoms with Crippen LogP contribution in [-0.2, 0) is 9.47 Å². The van der Waals surface area contributed by atoms with Gasteiger partial charge in [-0.3, -0.25) is 0 Å². The topological polar surface area (TPSA) is 38.7 Å². The van der Waals surface area contributed by atoms with Crippen molar-refractivity contribution in [2.75, 3.05) is 13.2 Å². The molecule has 3 nitrogen and oxygen atoms in total. The zero-order valence-electron chi connectivity index (χ0n) is 13.2. The first-order chi connectivity index (χ1) is 9.01. The van der Waals surface area contributed by atoms with Gasteiger partial charge in [0.05, 0.1) is 12.7 Å². The van der Waals surface area contributed by atoms with Crippen molar-refractivity contribution in [3.8, 4) is 0 Å². The van der Waals surface area contributed by atoms with Crippen LogP contribution in [0, 0.1) is 11.3 Å². The van der Waals surface area contributed by atoms with E-state index in [1.807, 2.05) is 0 Å². The van der Waals surface area contributed by atoms with Crippen LogP contribution < -0.4 is 0 Å². The molecule has 0 spiro atoms. The number of aliphatic hydroxyl groups is 1. The van der Waals surface area contributed by atoms with Crippen LogP contribution in [0.15, 0.2) is 0 Å². The van der Waals surface area contributed by atoms with Crippen molar-refractivity contribution in [2.24, 2.45) is 11.3 Å². The number of hydrogen-bond acceptors (Lipinski definition) is 3. The maximum Gasteiger partial charge on any atom is 0.158 e. The smallest absolute Gasteiger partial charge is 0.158 e. The predicted octanol–water partition coefficient (Wildman–Crippen LogP) is 3.74. The van der Waals surface area contributed by atoms with E-state index in [4.69, 9.17) is 9.47 Å². The molecule has 1 aliphatic rings. The van der Waals surface area contributed by atoms with Crippen molar-refractivity contribution in [2.45, 2.75) is 78.6 Å². The highest BCUT2D eigenvalue weighted by atomic mass is 16.7. The van der Waals surface area contributed by atoms with E-state index in [-0.39, 0.29) is 24.4 Å². The highest BCUT2D eigenvalue weighted by molar-refractivity contribution is 4.81. The minimum atomic E-state index is -0.107. The molecule has 0 bridgehead atoms. The fraction of sp³-hybridized carbons (Fsp3) is 1.00. The lowest BCUT2D eigenvalue weighted by atomic mass is 9.72. The first-order valence-corrected chi connectivity index (χ1v) is 7.89. The molecule has 3 heteroatoms. The Morgan fingerprint density at radius 2 is 2.11 bits per heavy atom. The molecule has 3 unspecified atom stereocenters. The highest BCUT2D eigenvalue weighted by Gasteiger charge is 2.32. The van der Waals surface area contributed by atoms with Gasteiger partial charge in [0.25, 0.3) is 0 Å². The molecule has 114 valence electrons. The van der Waals surface area contributed by atoms with Crippen LogP contribution in [0.1, 0.15) is 66.2 Å². The molecule has 0 aromatic carbocycles. The first-order valence-electron chi connectivity index (χ1n) is 7.89. The third-order valence-electron chi connectivity index (χ3n) is 4.59. The van der Waals surface area contributed by atoms with Crippen LogP contribution >= 0.6 is 0 Å². The molecule has 1 heterocycles. The van der Waals surface area contributed by atoms with Crippen molar-refractivity contribution in [1.29, 1.82) is 0 Å². The Labute approximate surface area is 118 Å². The summed E-state index contributed by atoms with van der Waals surface area (Å²) in [6.45, 7) is 9.95. The third-order valence-corrected chi connectivity index (χ3v) is 4.59. The van der Waals surface area contributed by atoms with Gasteiger partial charge in [0.1, 0.15) is 0 Å². The van der Waals surface area contributed by atoms with E-state index in [0.29, 0.717) is 5.92 Å². The fourth-order valence-corrected chi connectivity index (χ4v) is 2.91. The standard InChI is InChI=1S/C16H32O3/c1-5-9-16(4,13(2)3)11-14(12-17)19-15-8-6-7-10-18-15/h13-15,17H,5-12H2,1-4H3. The van der Waals surface area contributed by atoms with Crippen LogP contribution in [-0.4, -0.2) is 30.7 Å². The number of rotatable bonds is 8. The lowest BCUT2D eigenvalue weighted by Gasteiger charge is -2.38. The molecule has 0 aliphatic carbocycles. The molecule has 1 saturated heterocycles. The fourth-order valence-electron chi connectivity index (χ4n) is 2.91. The molecule has 1 rings (SSSR count). The average Bonchev–Trinajstić information content (AvgIpc) is 2.39. The van der Waals surface area contributed by atoms with Gasteiger partial charge in [0, 0.05) is 6.61 Å². The van der Waals surface area contributed by atoms with Gasteiger partial charge in [0.15, 0.2) is 6.29 Å². The maximum atomic E-state index is 9.59. The monoisotopic (exact) mass is 272 g/mol. The van der Waals surface area contributed by atoms with Gasteiger partial charge < -0.3 is 14.6 Å². The van der Waals surface area contributed by atoms with E-state index in [1.54, 1.807) is 0 Å². The van der Waals surface area contributed by atoms with E-state index < -0.39 is 0 Å². The molecule has 0 aromatic rings. The second kappa shape index (κ2) is 8.23. The molecule has 1 N–H and O–H groups in total. The number of hydrogen-bond donors (Lipinski definition) is 1. The summed E-state index contributed by atoms with van der Waals surface area (Å²) in [4.78, 5) is 0. The first kappa shape index (κ1) is 16.9. The van der Waals surface area contributed by atoms with Crippen molar-refractivity contribution >= 4 is 0 Å². The van der Waals surface area contributed by atoms with Crippen molar-refractivity contribution in [3.05, 3.63) is 0 Å². The third kappa shape index (κ3) is 5.41. The van der Waals surface area contributed by atoms with Gasteiger partial charge >= 0.3 is 0 Å². The molecule has 0 aromatic heterocycles. The van der Waals surface area contributed by atoms with Gasteiger partial charge in [-0.15, -0.1) is 0 Å². The van der Waals surface area contributed by atoms with Gasteiger partial charge in [-0.05, 0) is 43.4 Å². The maximum absolute atomic E-state index is 9.59. The van der Waals surface area contributed by atoms with Crippen molar-refractivity contribution in [1.82, 2.24) is 0 Å². The minimum Gasteiger partial charge on any atom is -0.394 e. The molecule has 1 aliphatic heterocycles. The van der Waals surface area contributed by atoms with Crippen LogP contribution in [0.3, 0.4) is 0 Å². The summed E-state index contributed by atoms with van der Waals surface area (Å²) >= 11 is 0. The normalized spacial score (nSPS) is 25.3. The van der Waals surface area contributed by atoms with Crippen LogP contribution in [0.5, 0.6) is 0 Å². The minimum absolute atomic E-state index is 0.0892. The Kier molecular flexibility index (Phi) is 7.33. The zero-order chi connectivity index (χ0) is 14.3. The van der Waals surface area contributed by atoms with E-state index in [1.165, 1.54) is 19.3 Å². The molecular weight excluding hydrogens is 240 g/mol. The largest absolute Gasteiger partial charge is 0.394 e. The van der Waals surface area contributed by atoms with Gasteiger partial charge in [-0.1, -0.05) is 34.1 Å². The predicted molar refractivity (Wildman–Crippen MR) is 78.0 cm³/mol. The summed E-state index contributed by atoms with van der Waals surface area (Å²) in [5, 5.41) is 9.59. The Morgan fingerprint density at radius 3 is 2.58 bits per heavy atom. The quantitative estimate of drug-likeness (QED) is 0.731. The molecule has 0 radical (unpaired) electrons. The Hall–Kier alpha value is -0.120. The van der Waals surface area contributed by atoms with Crippen LogP contribution in [0.25, 0.3) is 0 Å². The summed E-state index contributed by atoms with van der Waals surface area (Å²) in [5.41, 5.74) is 0.233. The van der Waals surface area contributed by atoms with E-state index >= 15 is 0 Å². The van der Waals surface area contributed by atoms with Gasteiger partial charge in [-0.25, -0.2) is 0 Å². The Balaban J connectivity index is 2.52. The highest BCUT2D eigenvalue weighted by Crippen LogP contribution is 2.38. The summed E-state index contributed by atoms with van der Waals surface area (Å²) in [7, 11) is 0. The van der Waals surface area contributed by atoms with E-state index in [0.717, 1.165) is 25.9 Å². The molecule has 19 heavy (non-hydrogen) atoms. The van der Waals surface area contributed by atoms with Crippen molar-refractivity contribution in [3.63, 3.8) is 0 Å². The van der Waals surface area contributed by atoms with Gasteiger partial charge in [-0.2, -0.15) is 0 Å². The SMILES string of the molecule is CCCC(C)(CC(CO)OC1CCCCO1)C(C)C. The summed E-state index contributed by atoms with van der Waals surface area (Å²) in [5.74, 6) is 0.595. The zero-order valence-corrected chi connectivity index (χ0v) is 13.2. The Morgan fingerprint density at radius 1 is 1.37 bits per heavy atom. The number of ether oxygens (including phenoxy) is 2. The van der Waals surface area contributed by atoms with E-state index in [2.05, 4.69) is 27.7 Å². The lowest BCUT2D eigenvalue weighted by molar-refractivity contribution is -0.202. The molecule has 0 amide bonds. The second-order valence-corrected chi connectivity index (χ2v) is 6.50. The molecule has 3 atom stereocenters. The van der Waals surface area contributed by atoms with Crippen molar-refractivity contribution < 1.29 is 14.6 Å². The van der Waals surface area contributed by atoms with Crippen LogP contribution in [0.2, 0.25) is 0 Å². The second-order valence-electron chi connectivity index (χ2n) is 6.50. The number of aliphatic hydroxyl groups excluding tert-OH is 1. The Bertz CT molecular complexity index is 236. The van der Waals surface area contributed by atoms with E-state index in [9.17, 15) is 5.11 Å². The lowest BCUT2D eigenvalue weighted by Crippen LogP contribution is -2.36. The summed E-state index contributed by atoms with van der Waals surface area (Å²) in [6, 6.07) is 0. The molecule has 1 fully saturated rings.